The van der Waals surface area contributed by atoms with Gasteiger partial charge in [-0.3, -0.25) is 0 Å². The molecule has 0 bridgehead atoms. The Bertz CT molecular complexity index is 412. The molecular formula is C16H22OSe. The Labute approximate surface area is 117 Å². The minimum atomic E-state index is -0.116. The molecule has 1 aliphatic heterocycles. The summed E-state index contributed by atoms with van der Waals surface area (Å²) in [4.78, 5) is 0. The van der Waals surface area contributed by atoms with Crippen molar-refractivity contribution in [2.75, 3.05) is 0 Å². The molecule has 0 spiro atoms. The summed E-state index contributed by atoms with van der Waals surface area (Å²) in [5, 5.41) is 0. The minimum absolute atomic E-state index is 0.116. The quantitative estimate of drug-likeness (QED) is 0.612. The van der Waals surface area contributed by atoms with E-state index in [1.807, 2.05) is 6.08 Å². The molecule has 1 fully saturated rings. The van der Waals surface area contributed by atoms with Gasteiger partial charge in [-0.15, -0.1) is 0 Å². The van der Waals surface area contributed by atoms with Gasteiger partial charge >= 0.3 is 117 Å². The predicted octanol–water partition coefficient (Wildman–Crippen LogP) is 3.34. The summed E-state index contributed by atoms with van der Waals surface area (Å²) in [5.41, 5.74) is -0.116. The van der Waals surface area contributed by atoms with Gasteiger partial charge in [0, 0.05) is 0 Å². The summed E-state index contributed by atoms with van der Waals surface area (Å²) in [7, 11) is 0. The van der Waals surface area contributed by atoms with Crippen LogP contribution in [-0.4, -0.2) is 26.7 Å². The van der Waals surface area contributed by atoms with Crippen LogP contribution in [0.2, 0.25) is 4.31 Å². The molecule has 1 aliphatic rings. The Morgan fingerprint density at radius 1 is 1.39 bits per heavy atom. The van der Waals surface area contributed by atoms with Crippen LogP contribution in [-0.2, 0) is 4.74 Å². The fourth-order valence-electron chi connectivity index (χ4n) is 2.36. The average molecular weight is 309 g/mol. The van der Waals surface area contributed by atoms with Crippen LogP contribution in [0.15, 0.2) is 43.0 Å². The first kappa shape index (κ1) is 13.9. The van der Waals surface area contributed by atoms with Crippen molar-refractivity contribution < 1.29 is 4.74 Å². The number of hydrogen-bond acceptors (Lipinski definition) is 1. The number of benzene rings is 1. The van der Waals surface area contributed by atoms with Gasteiger partial charge in [0.2, 0.25) is 0 Å². The summed E-state index contributed by atoms with van der Waals surface area (Å²) in [6.07, 6.45) is 4.54. The van der Waals surface area contributed by atoms with Crippen molar-refractivity contribution in [3.05, 3.63) is 43.0 Å². The predicted molar refractivity (Wildman–Crippen MR) is 78.6 cm³/mol. The van der Waals surface area contributed by atoms with E-state index in [1.165, 1.54) is 4.46 Å². The average Bonchev–Trinajstić information content (AvgIpc) is 2.74. The number of hydrogen-bond donors (Lipinski definition) is 0. The zero-order valence-electron chi connectivity index (χ0n) is 11.5. The molecular weight excluding hydrogens is 287 g/mol. The van der Waals surface area contributed by atoms with Crippen molar-refractivity contribution in [1.29, 1.82) is 0 Å². The van der Waals surface area contributed by atoms with Gasteiger partial charge in [-0.25, -0.2) is 0 Å². The first-order valence-electron chi connectivity index (χ1n) is 6.51. The van der Waals surface area contributed by atoms with Gasteiger partial charge in [-0.2, -0.15) is 0 Å². The third-order valence-corrected chi connectivity index (χ3v) is 6.37. The molecule has 2 atom stereocenters. The van der Waals surface area contributed by atoms with Crippen LogP contribution in [0.3, 0.4) is 0 Å². The SMILES string of the molecule is C=CC1(C)CCC(C(C)(C)[Se]c2ccccc2)O1. The van der Waals surface area contributed by atoms with E-state index < -0.39 is 0 Å². The van der Waals surface area contributed by atoms with Gasteiger partial charge in [-0.1, -0.05) is 0 Å². The van der Waals surface area contributed by atoms with Crippen LogP contribution in [0.1, 0.15) is 33.6 Å². The standard InChI is InChI=1S/C16H22OSe/c1-5-16(4)12-11-14(17-16)15(2,3)18-13-9-7-6-8-10-13/h5-10,14H,1,11-12H2,2-4H3. The van der Waals surface area contributed by atoms with Crippen LogP contribution in [0.5, 0.6) is 0 Å². The molecule has 1 nitrogen and oxygen atoms in total. The maximum atomic E-state index is 6.23. The van der Waals surface area contributed by atoms with E-state index in [4.69, 9.17) is 4.74 Å². The second-order valence-corrected chi connectivity index (χ2v) is 9.31. The Kier molecular flexibility index (Phi) is 4.01. The molecule has 0 N–H and O–H groups in total. The molecule has 18 heavy (non-hydrogen) atoms. The normalized spacial score (nSPS) is 28.3. The summed E-state index contributed by atoms with van der Waals surface area (Å²) < 4.78 is 7.91. The van der Waals surface area contributed by atoms with E-state index >= 15 is 0 Å². The molecule has 0 radical (unpaired) electrons. The second-order valence-electron chi connectivity index (χ2n) is 5.68. The van der Waals surface area contributed by atoms with Gasteiger partial charge < -0.3 is 0 Å². The van der Waals surface area contributed by atoms with Crippen LogP contribution in [0, 0.1) is 0 Å². The van der Waals surface area contributed by atoms with E-state index in [-0.39, 0.29) is 9.91 Å². The summed E-state index contributed by atoms with van der Waals surface area (Å²) in [6.45, 7) is 10.7. The first-order valence-corrected chi connectivity index (χ1v) is 8.22. The van der Waals surface area contributed by atoms with Crippen molar-refractivity contribution in [2.24, 2.45) is 0 Å². The van der Waals surface area contributed by atoms with Crippen LogP contribution in [0.4, 0.5) is 0 Å². The van der Waals surface area contributed by atoms with Crippen molar-refractivity contribution in [2.45, 2.75) is 49.6 Å². The van der Waals surface area contributed by atoms with E-state index in [0.29, 0.717) is 21.1 Å². The van der Waals surface area contributed by atoms with Gasteiger partial charge in [-0.05, 0) is 0 Å². The molecule has 0 saturated carbocycles. The van der Waals surface area contributed by atoms with Crippen LogP contribution >= 0.6 is 0 Å². The van der Waals surface area contributed by atoms with E-state index in [1.54, 1.807) is 0 Å². The van der Waals surface area contributed by atoms with Crippen molar-refractivity contribution >= 4 is 19.4 Å². The molecule has 1 aromatic carbocycles. The summed E-state index contributed by atoms with van der Waals surface area (Å²) in [6, 6.07) is 10.8. The fourth-order valence-corrected chi connectivity index (χ4v) is 4.87. The Morgan fingerprint density at radius 2 is 2.06 bits per heavy atom. The zero-order chi connectivity index (χ0) is 13.2. The van der Waals surface area contributed by atoms with E-state index in [0.717, 1.165) is 12.8 Å². The molecule has 1 aromatic rings. The molecule has 0 aliphatic carbocycles. The fraction of sp³-hybridized carbons (Fsp3) is 0.500. The van der Waals surface area contributed by atoms with Gasteiger partial charge in [0.1, 0.15) is 0 Å². The van der Waals surface area contributed by atoms with Crippen molar-refractivity contribution in [3.63, 3.8) is 0 Å². The first-order chi connectivity index (χ1) is 8.45. The van der Waals surface area contributed by atoms with Gasteiger partial charge in [0.05, 0.1) is 0 Å². The third-order valence-electron chi connectivity index (χ3n) is 3.65. The van der Waals surface area contributed by atoms with Crippen LogP contribution in [0.25, 0.3) is 0 Å². The molecule has 0 aromatic heterocycles. The second kappa shape index (κ2) is 5.20. The van der Waals surface area contributed by atoms with Gasteiger partial charge in [0.25, 0.3) is 0 Å². The molecule has 0 amide bonds. The van der Waals surface area contributed by atoms with E-state index in [2.05, 4.69) is 57.7 Å². The number of ether oxygens (including phenoxy) is 1. The monoisotopic (exact) mass is 310 g/mol. The Hall–Kier alpha value is -0.561. The maximum absolute atomic E-state index is 6.23. The summed E-state index contributed by atoms with van der Waals surface area (Å²) >= 11 is 0.436. The Balaban J connectivity index is 2.06. The van der Waals surface area contributed by atoms with Gasteiger partial charge in [0.15, 0.2) is 0 Å². The Morgan fingerprint density at radius 3 is 2.61 bits per heavy atom. The number of rotatable bonds is 4. The van der Waals surface area contributed by atoms with Crippen molar-refractivity contribution in [1.82, 2.24) is 0 Å². The van der Waals surface area contributed by atoms with Crippen LogP contribution < -0.4 is 4.46 Å². The molecule has 2 rings (SSSR count). The molecule has 1 heterocycles. The van der Waals surface area contributed by atoms with E-state index in [9.17, 15) is 0 Å². The molecule has 2 unspecified atom stereocenters. The summed E-state index contributed by atoms with van der Waals surface area (Å²) in [5.74, 6) is 0. The topological polar surface area (TPSA) is 9.23 Å². The van der Waals surface area contributed by atoms with Crippen molar-refractivity contribution in [3.8, 4) is 0 Å². The molecule has 2 heteroatoms. The third kappa shape index (κ3) is 3.06. The molecule has 98 valence electrons. The molecule has 1 saturated heterocycles. The zero-order valence-corrected chi connectivity index (χ0v) is 13.2.